The number of halogens is 3. The summed E-state index contributed by atoms with van der Waals surface area (Å²) in [5.74, 6) is -1.23. The van der Waals surface area contributed by atoms with Gasteiger partial charge in [0.15, 0.2) is 5.60 Å². The van der Waals surface area contributed by atoms with Crippen LogP contribution in [0.2, 0.25) is 0 Å². The lowest BCUT2D eigenvalue weighted by atomic mass is 9.88. The van der Waals surface area contributed by atoms with Crippen LogP contribution in [0.1, 0.15) is 35.7 Å². The number of benzene rings is 1. The van der Waals surface area contributed by atoms with Gasteiger partial charge in [-0.05, 0) is 24.1 Å². The third-order valence-electron chi connectivity index (χ3n) is 2.69. The lowest BCUT2D eigenvalue weighted by Gasteiger charge is -2.30. The summed E-state index contributed by atoms with van der Waals surface area (Å²) in [5.41, 5.74) is -3.40. The molecule has 0 aliphatic carbocycles. The van der Waals surface area contributed by atoms with E-state index < -0.39 is 24.2 Å². The number of alkyl halides is 3. The zero-order valence-corrected chi connectivity index (χ0v) is 9.66. The van der Waals surface area contributed by atoms with Crippen LogP contribution < -0.4 is 0 Å². The van der Waals surface area contributed by atoms with Crippen molar-refractivity contribution in [2.24, 2.45) is 0 Å². The molecule has 0 aliphatic heterocycles. The molecule has 0 heterocycles. The summed E-state index contributed by atoms with van der Waals surface area (Å²) in [6.45, 7) is 1.53. The first-order valence-electron chi connectivity index (χ1n) is 5.35. The third kappa shape index (κ3) is 2.64. The van der Waals surface area contributed by atoms with Gasteiger partial charge in [0, 0.05) is 0 Å². The average molecular weight is 262 g/mol. The summed E-state index contributed by atoms with van der Waals surface area (Å²) >= 11 is 0. The fourth-order valence-corrected chi connectivity index (χ4v) is 1.70. The van der Waals surface area contributed by atoms with Gasteiger partial charge in [-0.25, -0.2) is 4.79 Å². The van der Waals surface area contributed by atoms with Crippen molar-refractivity contribution in [3.8, 4) is 0 Å². The number of aromatic carboxylic acids is 1. The van der Waals surface area contributed by atoms with Crippen LogP contribution in [0, 0.1) is 0 Å². The fraction of sp³-hybridized carbons (Fsp3) is 0.417. The first-order chi connectivity index (χ1) is 8.22. The molecular formula is C12H13F3O3. The van der Waals surface area contributed by atoms with Gasteiger partial charge in [0.25, 0.3) is 0 Å². The predicted molar refractivity (Wildman–Crippen MR) is 58.3 cm³/mol. The second kappa shape index (κ2) is 4.97. The van der Waals surface area contributed by atoms with Gasteiger partial charge in [0.1, 0.15) is 0 Å². The summed E-state index contributed by atoms with van der Waals surface area (Å²) in [5, 5.41) is 18.4. The lowest BCUT2D eigenvalue weighted by Crippen LogP contribution is -2.42. The average Bonchev–Trinajstić information content (AvgIpc) is 2.28. The van der Waals surface area contributed by atoms with E-state index in [1.54, 1.807) is 0 Å². The second-order valence-corrected chi connectivity index (χ2v) is 3.99. The molecule has 1 unspecified atom stereocenters. The van der Waals surface area contributed by atoms with Crippen molar-refractivity contribution in [2.45, 2.75) is 31.5 Å². The highest BCUT2D eigenvalue weighted by Crippen LogP contribution is 2.42. The standard InChI is InChI=1S/C12H13F3O3/c1-2-7-11(18,12(13,14)15)9-5-3-8(4-6-9)10(16)17/h3-6,18H,2,7H2,1H3,(H,16,17). The molecule has 0 amide bonds. The Morgan fingerprint density at radius 3 is 2.06 bits per heavy atom. The summed E-state index contributed by atoms with van der Waals surface area (Å²) in [4.78, 5) is 10.6. The van der Waals surface area contributed by atoms with Crippen molar-refractivity contribution in [1.82, 2.24) is 0 Å². The van der Waals surface area contributed by atoms with Crippen molar-refractivity contribution >= 4 is 5.97 Å². The van der Waals surface area contributed by atoms with E-state index in [0.717, 1.165) is 24.3 Å². The molecule has 1 atom stereocenters. The van der Waals surface area contributed by atoms with E-state index in [9.17, 15) is 23.1 Å². The molecule has 0 spiro atoms. The largest absolute Gasteiger partial charge is 0.478 e. The van der Waals surface area contributed by atoms with E-state index in [2.05, 4.69) is 0 Å². The minimum Gasteiger partial charge on any atom is -0.478 e. The molecule has 0 saturated heterocycles. The van der Waals surface area contributed by atoms with Crippen LogP contribution in [-0.2, 0) is 5.60 Å². The Kier molecular flexibility index (Phi) is 4.01. The van der Waals surface area contributed by atoms with E-state index in [-0.39, 0.29) is 17.5 Å². The molecule has 1 rings (SSSR count). The maximum Gasteiger partial charge on any atom is 0.421 e. The molecule has 18 heavy (non-hydrogen) atoms. The quantitative estimate of drug-likeness (QED) is 0.877. The minimum absolute atomic E-state index is 0.125. The van der Waals surface area contributed by atoms with Gasteiger partial charge >= 0.3 is 12.1 Å². The van der Waals surface area contributed by atoms with Crippen LogP contribution in [-0.4, -0.2) is 22.4 Å². The summed E-state index contributed by atoms with van der Waals surface area (Å²) in [6, 6.07) is 4.08. The first-order valence-corrected chi connectivity index (χ1v) is 5.35. The molecule has 100 valence electrons. The van der Waals surface area contributed by atoms with Crippen molar-refractivity contribution in [2.75, 3.05) is 0 Å². The van der Waals surface area contributed by atoms with Crippen LogP contribution in [0.4, 0.5) is 13.2 Å². The summed E-state index contributed by atoms with van der Waals surface area (Å²) < 4.78 is 38.6. The molecule has 0 aliphatic rings. The monoisotopic (exact) mass is 262 g/mol. The number of aliphatic hydroxyl groups is 1. The minimum atomic E-state index is -4.80. The number of carbonyl (C=O) groups is 1. The van der Waals surface area contributed by atoms with Crippen LogP contribution in [0.15, 0.2) is 24.3 Å². The molecule has 1 aromatic carbocycles. The van der Waals surface area contributed by atoms with Crippen LogP contribution in [0.25, 0.3) is 0 Å². The highest BCUT2D eigenvalue weighted by atomic mass is 19.4. The molecule has 2 N–H and O–H groups in total. The van der Waals surface area contributed by atoms with Crippen LogP contribution in [0.5, 0.6) is 0 Å². The molecule has 3 nitrogen and oxygen atoms in total. The number of rotatable bonds is 4. The van der Waals surface area contributed by atoms with Gasteiger partial charge in [-0.2, -0.15) is 13.2 Å². The normalized spacial score (nSPS) is 15.2. The van der Waals surface area contributed by atoms with Crippen LogP contribution in [0.3, 0.4) is 0 Å². The van der Waals surface area contributed by atoms with Crippen molar-refractivity contribution in [3.05, 3.63) is 35.4 Å². The zero-order valence-electron chi connectivity index (χ0n) is 9.66. The number of carboxylic acid groups (broad SMARTS) is 1. The Labute approximate surface area is 102 Å². The van der Waals surface area contributed by atoms with Gasteiger partial charge in [-0.3, -0.25) is 0 Å². The van der Waals surface area contributed by atoms with Crippen molar-refractivity contribution < 1.29 is 28.2 Å². The van der Waals surface area contributed by atoms with Crippen molar-refractivity contribution in [1.29, 1.82) is 0 Å². The van der Waals surface area contributed by atoms with E-state index in [0.29, 0.717) is 0 Å². The maximum atomic E-state index is 12.9. The molecule has 1 aromatic rings. The maximum absolute atomic E-state index is 12.9. The van der Waals surface area contributed by atoms with E-state index >= 15 is 0 Å². The first kappa shape index (κ1) is 14.5. The Morgan fingerprint density at radius 1 is 1.22 bits per heavy atom. The van der Waals surface area contributed by atoms with Gasteiger partial charge in [-0.15, -0.1) is 0 Å². The smallest absolute Gasteiger partial charge is 0.421 e. The molecular weight excluding hydrogens is 249 g/mol. The molecule has 6 heteroatoms. The van der Waals surface area contributed by atoms with Gasteiger partial charge in [-0.1, -0.05) is 25.5 Å². The molecule has 0 bridgehead atoms. The number of hydrogen-bond acceptors (Lipinski definition) is 2. The Balaban J connectivity index is 3.19. The molecule has 0 aromatic heterocycles. The molecule has 0 fully saturated rings. The van der Waals surface area contributed by atoms with Gasteiger partial charge < -0.3 is 10.2 Å². The highest BCUT2D eigenvalue weighted by molar-refractivity contribution is 5.87. The predicted octanol–water partition coefficient (Wildman–Crippen LogP) is 2.93. The van der Waals surface area contributed by atoms with Gasteiger partial charge in [0.05, 0.1) is 5.56 Å². The number of carboxylic acids is 1. The Hall–Kier alpha value is -1.56. The fourth-order valence-electron chi connectivity index (χ4n) is 1.70. The number of hydrogen-bond donors (Lipinski definition) is 2. The second-order valence-electron chi connectivity index (χ2n) is 3.99. The van der Waals surface area contributed by atoms with Gasteiger partial charge in [0.2, 0.25) is 0 Å². The Morgan fingerprint density at radius 2 is 1.72 bits per heavy atom. The van der Waals surface area contributed by atoms with E-state index in [1.807, 2.05) is 0 Å². The van der Waals surface area contributed by atoms with Crippen molar-refractivity contribution in [3.63, 3.8) is 0 Å². The summed E-state index contributed by atoms with van der Waals surface area (Å²) in [7, 11) is 0. The van der Waals surface area contributed by atoms with E-state index in [4.69, 9.17) is 5.11 Å². The van der Waals surface area contributed by atoms with E-state index in [1.165, 1.54) is 6.92 Å². The highest BCUT2D eigenvalue weighted by Gasteiger charge is 2.54. The van der Waals surface area contributed by atoms with Crippen LogP contribution >= 0.6 is 0 Å². The zero-order chi connectivity index (χ0) is 14.0. The topological polar surface area (TPSA) is 57.5 Å². The third-order valence-corrected chi connectivity index (χ3v) is 2.69. The molecule has 0 saturated carbocycles. The SMILES string of the molecule is CCCC(O)(c1ccc(C(=O)O)cc1)C(F)(F)F. The Bertz CT molecular complexity index is 425. The molecule has 0 radical (unpaired) electrons. The summed E-state index contributed by atoms with van der Waals surface area (Å²) in [6.07, 6.45) is -5.12. The lowest BCUT2D eigenvalue weighted by molar-refractivity contribution is -0.269.